The van der Waals surface area contributed by atoms with Crippen LogP contribution < -0.4 is 14.8 Å². The molecule has 136 valence electrons. The topological polar surface area (TPSA) is 67.8 Å². The Morgan fingerprint density at radius 3 is 2.42 bits per heavy atom. The molecule has 1 rings (SSSR count). The molecule has 0 radical (unpaired) electrons. The van der Waals surface area contributed by atoms with Gasteiger partial charge in [-0.05, 0) is 30.5 Å². The predicted molar refractivity (Wildman–Crippen MR) is 82.3 cm³/mol. The largest absolute Gasteiger partial charge is 0.490 e. The molecule has 1 aromatic rings. The van der Waals surface area contributed by atoms with Gasteiger partial charge in [0.25, 0.3) is 0 Å². The number of aliphatic carboxylic acids is 1. The number of carboxylic acid groups (broad SMARTS) is 1. The van der Waals surface area contributed by atoms with Crippen LogP contribution in [0.15, 0.2) is 18.2 Å². The zero-order valence-corrected chi connectivity index (χ0v) is 13.8. The molecule has 8 heteroatoms. The summed E-state index contributed by atoms with van der Waals surface area (Å²) in [6.07, 6.45) is -4.43. The van der Waals surface area contributed by atoms with Gasteiger partial charge in [-0.15, -0.1) is 0 Å². The second-order valence-corrected chi connectivity index (χ2v) is 5.56. The molecule has 0 aliphatic heterocycles. The SMILES string of the molecule is CCOc1cc(CN[C@@H](C(=O)O)C(C)C)ccc1OCC(F)(F)F. The second-order valence-electron chi connectivity index (χ2n) is 5.56. The van der Waals surface area contributed by atoms with Crippen molar-refractivity contribution in [3.05, 3.63) is 23.8 Å². The Morgan fingerprint density at radius 2 is 1.92 bits per heavy atom. The molecule has 0 aromatic heterocycles. The Kier molecular flexibility index (Phi) is 7.34. The predicted octanol–water partition coefficient (Wildman–Crippen LogP) is 3.23. The van der Waals surface area contributed by atoms with Crippen molar-refractivity contribution in [1.82, 2.24) is 5.32 Å². The van der Waals surface area contributed by atoms with E-state index in [-0.39, 0.29) is 30.6 Å². The van der Waals surface area contributed by atoms with E-state index in [9.17, 15) is 18.0 Å². The van der Waals surface area contributed by atoms with Gasteiger partial charge in [0.05, 0.1) is 6.61 Å². The van der Waals surface area contributed by atoms with Crippen molar-refractivity contribution in [1.29, 1.82) is 0 Å². The third-order valence-electron chi connectivity index (χ3n) is 3.16. The third-order valence-corrected chi connectivity index (χ3v) is 3.16. The van der Waals surface area contributed by atoms with Crippen LogP contribution in [0.25, 0.3) is 0 Å². The zero-order valence-electron chi connectivity index (χ0n) is 13.8. The molecule has 0 spiro atoms. The minimum absolute atomic E-state index is 0.00318. The van der Waals surface area contributed by atoms with Crippen LogP contribution in [0.2, 0.25) is 0 Å². The van der Waals surface area contributed by atoms with Gasteiger partial charge in [0.2, 0.25) is 0 Å². The Bertz CT molecular complexity index is 547. The van der Waals surface area contributed by atoms with Crippen molar-refractivity contribution in [3.63, 3.8) is 0 Å². The van der Waals surface area contributed by atoms with Gasteiger partial charge >= 0.3 is 12.1 Å². The van der Waals surface area contributed by atoms with Crippen molar-refractivity contribution < 1.29 is 32.5 Å². The molecule has 1 atom stereocenters. The van der Waals surface area contributed by atoms with Crippen LogP contribution in [-0.2, 0) is 11.3 Å². The van der Waals surface area contributed by atoms with Gasteiger partial charge in [0.15, 0.2) is 18.1 Å². The number of hydrogen-bond donors (Lipinski definition) is 2. The van der Waals surface area contributed by atoms with Crippen LogP contribution in [-0.4, -0.2) is 36.5 Å². The molecule has 0 heterocycles. The maximum Gasteiger partial charge on any atom is 0.422 e. The first kappa shape index (κ1) is 20.1. The van der Waals surface area contributed by atoms with Gasteiger partial charge in [-0.3, -0.25) is 4.79 Å². The minimum atomic E-state index is -4.43. The molecule has 0 fully saturated rings. The molecular formula is C16H22F3NO4. The molecule has 24 heavy (non-hydrogen) atoms. The molecule has 2 N–H and O–H groups in total. The quantitative estimate of drug-likeness (QED) is 0.716. The lowest BCUT2D eigenvalue weighted by Gasteiger charge is -2.19. The van der Waals surface area contributed by atoms with Crippen molar-refractivity contribution in [2.75, 3.05) is 13.2 Å². The average Bonchev–Trinajstić information content (AvgIpc) is 2.45. The lowest BCUT2D eigenvalue weighted by molar-refractivity contribution is -0.153. The number of alkyl halides is 3. The number of rotatable bonds is 9. The summed E-state index contributed by atoms with van der Waals surface area (Å²) < 4.78 is 46.9. The van der Waals surface area contributed by atoms with E-state index in [4.69, 9.17) is 14.6 Å². The van der Waals surface area contributed by atoms with E-state index in [0.717, 1.165) is 0 Å². The van der Waals surface area contributed by atoms with E-state index in [1.807, 2.05) is 0 Å². The maximum atomic E-state index is 12.3. The highest BCUT2D eigenvalue weighted by atomic mass is 19.4. The maximum absolute atomic E-state index is 12.3. The number of halogens is 3. The van der Waals surface area contributed by atoms with Crippen molar-refractivity contribution >= 4 is 5.97 Å². The van der Waals surface area contributed by atoms with Gasteiger partial charge in [0, 0.05) is 6.54 Å². The molecule has 0 saturated heterocycles. The molecule has 0 unspecified atom stereocenters. The minimum Gasteiger partial charge on any atom is -0.490 e. The van der Waals surface area contributed by atoms with E-state index in [2.05, 4.69) is 5.32 Å². The van der Waals surface area contributed by atoms with Crippen LogP contribution >= 0.6 is 0 Å². The number of carbonyl (C=O) groups is 1. The molecule has 5 nitrogen and oxygen atoms in total. The molecule has 0 amide bonds. The first-order valence-corrected chi connectivity index (χ1v) is 7.55. The molecule has 0 aliphatic carbocycles. The summed E-state index contributed by atoms with van der Waals surface area (Å²) in [6.45, 7) is 4.38. The van der Waals surface area contributed by atoms with E-state index in [1.165, 1.54) is 6.07 Å². The Hall–Kier alpha value is -1.96. The molecule has 0 saturated carbocycles. The van der Waals surface area contributed by atoms with Gasteiger partial charge < -0.3 is 19.9 Å². The van der Waals surface area contributed by atoms with Gasteiger partial charge in [0.1, 0.15) is 6.04 Å². The van der Waals surface area contributed by atoms with Gasteiger partial charge in [-0.1, -0.05) is 19.9 Å². The lowest BCUT2D eigenvalue weighted by atomic mass is 10.0. The summed E-state index contributed by atoms with van der Waals surface area (Å²) in [5, 5.41) is 12.0. The number of carboxylic acids is 1. The Balaban J connectivity index is 2.83. The Morgan fingerprint density at radius 1 is 1.25 bits per heavy atom. The fourth-order valence-corrected chi connectivity index (χ4v) is 2.05. The van der Waals surface area contributed by atoms with E-state index >= 15 is 0 Å². The summed E-state index contributed by atoms with van der Waals surface area (Å²) in [5.41, 5.74) is 0.685. The second kappa shape index (κ2) is 8.77. The Labute approximate surface area is 138 Å². The average molecular weight is 349 g/mol. The van der Waals surface area contributed by atoms with Crippen LogP contribution in [0.4, 0.5) is 13.2 Å². The summed E-state index contributed by atoms with van der Waals surface area (Å²) in [7, 11) is 0. The van der Waals surface area contributed by atoms with E-state index in [0.29, 0.717) is 5.56 Å². The highest BCUT2D eigenvalue weighted by Gasteiger charge is 2.29. The van der Waals surface area contributed by atoms with Crippen LogP contribution in [0.3, 0.4) is 0 Å². The molecular weight excluding hydrogens is 327 g/mol. The highest BCUT2D eigenvalue weighted by molar-refractivity contribution is 5.73. The standard InChI is InChI=1S/C16H22F3NO4/c1-4-23-13-7-11(8-20-14(10(2)3)15(21)22)5-6-12(13)24-9-16(17,18)19/h5-7,10,14,20H,4,8-9H2,1-3H3,(H,21,22)/t14-/m1/s1. The van der Waals surface area contributed by atoms with Crippen molar-refractivity contribution in [2.24, 2.45) is 5.92 Å². The van der Waals surface area contributed by atoms with Crippen molar-refractivity contribution in [2.45, 2.75) is 39.5 Å². The van der Waals surface area contributed by atoms with Crippen LogP contribution in [0, 0.1) is 5.92 Å². The number of benzene rings is 1. The number of ether oxygens (including phenoxy) is 2. The summed E-state index contributed by atoms with van der Waals surface area (Å²) in [4.78, 5) is 11.2. The molecule has 0 bridgehead atoms. The van der Waals surface area contributed by atoms with E-state index in [1.54, 1.807) is 32.9 Å². The number of nitrogens with one attached hydrogen (secondary N) is 1. The highest BCUT2D eigenvalue weighted by Crippen LogP contribution is 2.30. The van der Waals surface area contributed by atoms with Crippen molar-refractivity contribution in [3.8, 4) is 11.5 Å². The monoisotopic (exact) mass is 349 g/mol. The summed E-state index contributed by atoms with van der Waals surface area (Å²) >= 11 is 0. The first-order valence-electron chi connectivity index (χ1n) is 7.55. The van der Waals surface area contributed by atoms with E-state index < -0.39 is 24.8 Å². The number of hydrogen-bond acceptors (Lipinski definition) is 4. The summed E-state index contributed by atoms with van der Waals surface area (Å²) in [5.74, 6) is -0.877. The lowest BCUT2D eigenvalue weighted by Crippen LogP contribution is -2.40. The van der Waals surface area contributed by atoms with Gasteiger partial charge in [-0.2, -0.15) is 13.2 Å². The van der Waals surface area contributed by atoms with Crippen LogP contribution in [0.5, 0.6) is 11.5 Å². The zero-order chi connectivity index (χ0) is 18.3. The van der Waals surface area contributed by atoms with Crippen LogP contribution in [0.1, 0.15) is 26.3 Å². The van der Waals surface area contributed by atoms with Gasteiger partial charge in [-0.25, -0.2) is 0 Å². The fraction of sp³-hybridized carbons (Fsp3) is 0.562. The molecule has 1 aromatic carbocycles. The normalized spacial score (nSPS) is 13.0. The molecule has 0 aliphatic rings. The smallest absolute Gasteiger partial charge is 0.422 e. The summed E-state index contributed by atoms with van der Waals surface area (Å²) in [6, 6.07) is 3.78. The fourth-order valence-electron chi connectivity index (χ4n) is 2.05. The third kappa shape index (κ3) is 6.66. The first-order chi connectivity index (χ1) is 11.1.